The van der Waals surface area contributed by atoms with E-state index in [-0.39, 0.29) is 6.04 Å². The van der Waals surface area contributed by atoms with Crippen molar-refractivity contribution in [2.45, 2.75) is 45.7 Å². The lowest BCUT2D eigenvalue weighted by Crippen LogP contribution is -2.31. The van der Waals surface area contributed by atoms with Crippen molar-refractivity contribution in [3.05, 3.63) is 18.0 Å². The highest BCUT2D eigenvalue weighted by molar-refractivity contribution is 5.11. The van der Waals surface area contributed by atoms with Crippen LogP contribution in [0.1, 0.15) is 51.3 Å². The Bertz CT molecular complexity index is 368. The summed E-state index contributed by atoms with van der Waals surface area (Å²) in [6.07, 6.45) is 6.85. The standard InChI is InChI=1S/C14H26N4/c1-10(2)18-9-13(8-17-18)14(6-15)16-7-11(3)12-4-5-12/h8-12,14,16H,4-7,15H2,1-3H3. The molecule has 1 saturated carbocycles. The number of nitrogens with two attached hydrogens (primary N) is 1. The minimum atomic E-state index is 0.235. The maximum atomic E-state index is 5.87. The molecule has 0 aliphatic heterocycles. The van der Waals surface area contributed by atoms with Crippen molar-refractivity contribution < 1.29 is 0 Å². The van der Waals surface area contributed by atoms with Gasteiger partial charge in [-0.15, -0.1) is 0 Å². The van der Waals surface area contributed by atoms with E-state index in [2.05, 4.69) is 37.4 Å². The molecule has 1 aromatic heterocycles. The van der Waals surface area contributed by atoms with Gasteiger partial charge in [0.15, 0.2) is 0 Å². The molecular weight excluding hydrogens is 224 g/mol. The van der Waals surface area contributed by atoms with Gasteiger partial charge in [-0.2, -0.15) is 5.10 Å². The molecule has 4 nitrogen and oxygen atoms in total. The van der Waals surface area contributed by atoms with Gasteiger partial charge in [-0.3, -0.25) is 4.68 Å². The van der Waals surface area contributed by atoms with Crippen molar-refractivity contribution in [2.24, 2.45) is 17.6 Å². The van der Waals surface area contributed by atoms with Crippen LogP contribution in [-0.2, 0) is 0 Å². The number of hydrogen-bond donors (Lipinski definition) is 2. The van der Waals surface area contributed by atoms with Gasteiger partial charge in [0.05, 0.1) is 6.20 Å². The molecule has 3 N–H and O–H groups in total. The highest BCUT2D eigenvalue weighted by atomic mass is 15.3. The van der Waals surface area contributed by atoms with Gasteiger partial charge in [0.1, 0.15) is 0 Å². The predicted molar refractivity (Wildman–Crippen MR) is 74.3 cm³/mol. The van der Waals surface area contributed by atoms with E-state index in [1.165, 1.54) is 18.4 Å². The SMILES string of the molecule is CC(CNC(CN)c1cnn(C(C)C)c1)C1CC1. The molecule has 1 fully saturated rings. The third-order valence-corrected chi connectivity index (χ3v) is 3.90. The number of aromatic nitrogens is 2. The average molecular weight is 250 g/mol. The summed E-state index contributed by atoms with van der Waals surface area (Å²) in [5.41, 5.74) is 7.07. The lowest BCUT2D eigenvalue weighted by molar-refractivity contribution is 0.422. The van der Waals surface area contributed by atoms with Crippen molar-refractivity contribution in [1.82, 2.24) is 15.1 Å². The summed E-state index contributed by atoms with van der Waals surface area (Å²) < 4.78 is 1.99. The molecule has 0 saturated heterocycles. The van der Waals surface area contributed by atoms with Gasteiger partial charge >= 0.3 is 0 Å². The Kier molecular flexibility index (Phi) is 4.40. The smallest absolute Gasteiger partial charge is 0.0538 e. The van der Waals surface area contributed by atoms with E-state index >= 15 is 0 Å². The molecule has 1 aromatic rings. The first-order valence-corrected chi connectivity index (χ1v) is 7.09. The van der Waals surface area contributed by atoms with Gasteiger partial charge < -0.3 is 11.1 Å². The van der Waals surface area contributed by atoms with Crippen LogP contribution in [0.5, 0.6) is 0 Å². The van der Waals surface area contributed by atoms with Crippen LogP contribution in [-0.4, -0.2) is 22.9 Å². The van der Waals surface area contributed by atoms with Crippen LogP contribution in [0, 0.1) is 11.8 Å². The van der Waals surface area contributed by atoms with E-state index in [1.807, 2.05) is 10.9 Å². The van der Waals surface area contributed by atoms with Gasteiger partial charge in [0.25, 0.3) is 0 Å². The van der Waals surface area contributed by atoms with Crippen LogP contribution in [0.4, 0.5) is 0 Å². The van der Waals surface area contributed by atoms with Gasteiger partial charge in [0.2, 0.25) is 0 Å². The quantitative estimate of drug-likeness (QED) is 0.779. The normalized spacial score (nSPS) is 19.2. The zero-order chi connectivity index (χ0) is 13.1. The molecule has 2 atom stereocenters. The Hall–Kier alpha value is -0.870. The first-order chi connectivity index (χ1) is 8.61. The molecule has 2 unspecified atom stereocenters. The number of hydrogen-bond acceptors (Lipinski definition) is 3. The highest BCUT2D eigenvalue weighted by Crippen LogP contribution is 2.36. The largest absolute Gasteiger partial charge is 0.329 e. The van der Waals surface area contributed by atoms with E-state index in [0.29, 0.717) is 12.6 Å². The maximum absolute atomic E-state index is 5.87. The highest BCUT2D eigenvalue weighted by Gasteiger charge is 2.28. The van der Waals surface area contributed by atoms with Crippen molar-refractivity contribution in [1.29, 1.82) is 0 Å². The average Bonchev–Trinajstić information content (AvgIpc) is 3.08. The minimum absolute atomic E-state index is 0.235. The second kappa shape index (κ2) is 5.85. The molecular formula is C14H26N4. The minimum Gasteiger partial charge on any atom is -0.329 e. The zero-order valence-corrected chi connectivity index (χ0v) is 11.8. The molecule has 0 amide bonds. The fourth-order valence-electron chi connectivity index (χ4n) is 2.31. The predicted octanol–water partition coefficient (Wildman–Crippen LogP) is 2.10. The van der Waals surface area contributed by atoms with Crippen LogP contribution in [0.15, 0.2) is 12.4 Å². The molecule has 0 aromatic carbocycles. The van der Waals surface area contributed by atoms with E-state index in [9.17, 15) is 0 Å². The molecule has 0 bridgehead atoms. The fraction of sp³-hybridized carbons (Fsp3) is 0.786. The molecule has 2 rings (SSSR count). The van der Waals surface area contributed by atoms with Crippen molar-refractivity contribution in [2.75, 3.05) is 13.1 Å². The van der Waals surface area contributed by atoms with Gasteiger partial charge in [-0.25, -0.2) is 0 Å². The summed E-state index contributed by atoms with van der Waals surface area (Å²) in [7, 11) is 0. The summed E-state index contributed by atoms with van der Waals surface area (Å²) in [5.74, 6) is 1.70. The summed E-state index contributed by atoms with van der Waals surface area (Å²) in [6.45, 7) is 8.28. The second-order valence-electron chi connectivity index (χ2n) is 5.86. The summed E-state index contributed by atoms with van der Waals surface area (Å²) in [4.78, 5) is 0. The number of nitrogens with one attached hydrogen (secondary N) is 1. The van der Waals surface area contributed by atoms with Gasteiger partial charge in [-0.05, 0) is 45.1 Å². The fourth-order valence-corrected chi connectivity index (χ4v) is 2.31. The van der Waals surface area contributed by atoms with Crippen molar-refractivity contribution >= 4 is 0 Å². The third kappa shape index (κ3) is 3.33. The van der Waals surface area contributed by atoms with E-state index in [1.54, 1.807) is 0 Å². The molecule has 1 heterocycles. The molecule has 18 heavy (non-hydrogen) atoms. The molecule has 0 spiro atoms. The Balaban J connectivity index is 1.89. The van der Waals surface area contributed by atoms with Gasteiger partial charge in [-0.1, -0.05) is 6.92 Å². The molecule has 4 heteroatoms. The Labute approximate surface area is 110 Å². The zero-order valence-electron chi connectivity index (χ0n) is 11.8. The first kappa shape index (κ1) is 13.6. The topological polar surface area (TPSA) is 55.9 Å². The summed E-state index contributed by atoms with van der Waals surface area (Å²) >= 11 is 0. The molecule has 1 aliphatic carbocycles. The van der Waals surface area contributed by atoms with Crippen molar-refractivity contribution in [3.63, 3.8) is 0 Å². The molecule has 1 aliphatic rings. The van der Waals surface area contributed by atoms with Crippen LogP contribution in [0.2, 0.25) is 0 Å². The lowest BCUT2D eigenvalue weighted by atomic mass is 10.1. The lowest BCUT2D eigenvalue weighted by Gasteiger charge is -2.18. The van der Waals surface area contributed by atoms with Gasteiger partial charge in [0, 0.05) is 30.4 Å². The van der Waals surface area contributed by atoms with Crippen LogP contribution in [0.3, 0.4) is 0 Å². The second-order valence-corrected chi connectivity index (χ2v) is 5.86. The van der Waals surface area contributed by atoms with E-state index in [0.717, 1.165) is 18.4 Å². The summed E-state index contributed by atoms with van der Waals surface area (Å²) in [6, 6.07) is 0.640. The Morgan fingerprint density at radius 2 is 2.17 bits per heavy atom. The third-order valence-electron chi connectivity index (χ3n) is 3.90. The monoisotopic (exact) mass is 250 g/mol. The number of rotatable bonds is 7. The van der Waals surface area contributed by atoms with Crippen LogP contribution >= 0.6 is 0 Å². The Morgan fingerprint density at radius 3 is 2.67 bits per heavy atom. The molecule has 0 radical (unpaired) electrons. The Morgan fingerprint density at radius 1 is 1.44 bits per heavy atom. The van der Waals surface area contributed by atoms with E-state index < -0.39 is 0 Å². The number of nitrogens with zero attached hydrogens (tertiary/aromatic N) is 2. The molecule has 102 valence electrons. The first-order valence-electron chi connectivity index (χ1n) is 7.09. The maximum Gasteiger partial charge on any atom is 0.0538 e. The van der Waals surface area contributed by atoms with Crippen molar-refractivity contribution in [3.8, 4) is 0 Å². The van der Waals surface area contributed by atoms with Crippen LogP contribution < -0.4 is 11.1 Å². The summed E-state index contributed by atoms with van der Waals surface area (Å²) in [5, 5.41) is 7.96. The van der Waals surface area contributed by atoms with E-state index in [4.69, 9.17) is 5.73 Å². The van der Waals surface area contributed by atoms with Crippen LogP contribution in [0.25, 0.3) is 0 Å².